The highest BCUT2D eigenvalue weighted by Crippen LogP contribution is 2.07. The van der Waals surface area contributed by atoms with E-state index in [-0.39, 0.29) is 0 Å². The van der Waals surface area contributed by atoms with E-state index in [1.165, 1.54) is 11.3 Å². The number of nitrogens with one attached hydrogen (secondary N) is 1. The lowest BCUT2D eigenvalue weighted by Crippen LogP contribution is -2.06. The van der Waals surface area contributed by atoms with Gasteiger partial charge >= 0.3 is 0 Å². The largest absolute Gasteiger partial charge is 0.316 e. The van der Waals surface area contributed by atoms with Crippen molar-refractivity contribution in [3.8, 4) is 0 Å². The second-order valence-electron chi connectivity index (χ2n) is 3.06. The molecule has 0 unspecified atom stereocenters. The van der Waals surface area contributed by atoms with Gasteiger partial charge in [-0.2, -0.15) is 5.10 Å². The normalized spacial score (nSPS) is 10.6. The van der Waals surface area contributed by atoms with E-state index in [0.717, 1.165) is 19.4 Å². The van der Waals surface area contributed by atoms with Crippen LogP contribution in [0.3, 0.4) is 0 Å². The second kappa shape index (κ2) is 4.26. The van der Waals surface area contributed by atoms with Gasteiger partial charge in [-0.3, -0.25) is 4.68 Å². The van der Waals surface area contributed by atoms with E-state index < -0.39 is 0 Å². The van der Waals surface area contributed by atoms with Crippen LogP contribution in [0.5, 0.6) is 0 Å². The fourth-order valence-corrected chi connectivity index (χ4v) is 1.37. The molecule has 0 saturated carbocycles. The molecule has 1 rings (SSSR count). The highest BCUT2D eigenvalue weighted by atomic mass is 15.3. The average Bonchev–Trinajstić information content (AvgIpc) is 2.33. The summed E-state index contributed by atoms with van der Waals surface area (Å²) in [5.41, 5.74) is 2.55. The number of hydrogen-bond donors (Lipinski definition) is 1. The Morgan fingerprint density at radius 2 is 2.33 bits per heavy atom. The molecule has 1 heterocycles. The van der Waals surface area contributed by atoms with Crippen molar-refractivity contribution in [2.24, 2.45) is 7.05 Å². The first-order valence-corrected chi connectivity index (χ1v) is 4.44. The van der Waals surface area contributed by atoms with Crippen molar-refractivity contribution < 1.29 is 0 Å². The Morgan fingerprint density at radius 3 is 2.92 bits per heavy atom. The summed E-state index contributed by atoms with van der Waals surface area (Å²) in [5, 5.41) is 7.54. The summed E-state index contributed by atoms with van der Waals surface area (Å²) in [4.78, 5) is 0. The molecule has 3 heteroatoms. The third-order valence-electron chi connectivity index (χ3n) is 1.85. The summed E-state index contributed by atoms with van der Waals surface area (Å²) < 4.78 is 1.89. The number of rotatable bonds is 4. The minimum Gasteiger partial charge on any atom is -0.316 e. The minimum absolute atomic E-state index is 0.920. The van der Waals surface area contributed by atoms with E-state index in [1.807, 2.05) is 18.8 Å². The zero-order valence-corrected chi connectivity index (χ0v) is 8.09. The van der Waals surface area contributed by atoms with Crippen molar-refractivity contribution in [1.29, 1.82) is 0 Å². The lowest BCUT2D eigenvalue weighted by atomic mass is 10.2. The number of hydrogen-bond acceptors (Lipinski definition) is 2. The smallest absolute Gasteiger partial charge is 0.0669 e. The van der Waals surface area contributed by atoms with Gasteiger partial charge in [0.05, 0.1) is 5.69 Å². The van der Waals surface area contributed by atoms with Crippen LogP contribution in [-0.4, -0.2) is 16.8 Å². The fourth-order valence-electron chi connectivity index (χ4n) is 1.37. The predicted octanol–water partition coefficient (Wildman–Crippen LogP) is 1.09. The van der Waals surface area contributed by atoms with Crippen molar-refractivity contribution in [2.45, 2.75) is 26.3 Å². The molecule has 0 atom stereocenters. The molecule has 0 spiro atoms. The van der Waals surface area contributed by atoms with Crippen LogP contribution in [0.15, 0.2) is 6.20 Å². The zero-order valence-electron chi connectivity index (χ0n) is 8.09. The summed E-state index contributed by atoms with van der Waals surface area (Å²) in [5.74, 6) is 0. The van der Waals surface area contributed by atoms with Crippen LogP contribution >= 0.6 is 0 Å². The van der Waals surface area contributed by atoms with E-state index in [4.69, 9.17) is 0 Å². The molecule has 0 aromatic carbocycles. The molecule has 0 saturated heterocycles. The van der Waals surface area contributed by atoms with Crippen molar-refractivity contribution in [2.75, 3.05) is 7.05 Å². The van der Waals surface area contributed by atoms with E-state index in [9.17, 15) is 0 Å². The lowest BCUT2D eigenvalue weighted by molar-refractivity contribution is 0.732. The van der Waals surface area contributed by atoms with Crippen LogP contribution in [0.2, 0.25) is 0 Å². The highest BCUT2D eigenvalue weighted by Gasteiger charge is 2.04. The van der Waals surface area contributed by atoms with E-state index in [1.54, 1.807) is 0 Å². The van der Waals surface area contributed by atoms with Gasteiger partial charge in [-0.25, -0.2) is 0 Å². The van der Waals surface area contributed by atoms with Gasteiger partial charge < -0.3 is 5.32 Å². The van der Waals surface area contributed by atoms with Crippen molar-refractivity contribution in [1.82, 2.24) is 15.1 Å². The lowest BCUT2D eigenvalue weighted by Gasteiger charge is -1.97. The Bertz CT molecular complexity index is 216. The van der Waals surface area contributed by atoms with Crippen LogP contribution in [-0.2, 0) is 20.0 Å². The average molecular weight is 167 g/mol. The Morgan fingerprint density at radius 1 is 1.58 bits per heavy atom. The predicted molar refractivity (Wildman–Crippen MR) is 50.0 cm³/mol. The monoisotopic (exact) mass is 167 g/mol. The molecule has 0 aliphatic rings. The van der Waals surface area contributed by atoms with Crippen molar-refractivity contribution >= 4 is 0 Å². The molecule has 1 aromatic rings. The fraction of sp³-hybridized carbons (Fsp3) is 0.667. The quantitative estimate of drug-likeness (QED) is 0.727. The number of aryl methyl sites for hydroxylation is 2. The molecule has 0 fully saturated rings. The van der Waals surface area contributed by atoms with Crippen molar-refractivity contribution in [3.05, 3.63) is 17.5 Å². The first kappa shape index (κ1) is 9.26. The molecule has 0 aliphatic heterocycles. The van der Waals surface area contributed by atoms with Crippen LogP contribution in [0, 0.1) is 0 Å². The maximum absolute atomic E-state index is 4.40. The summed E-state index contributed by atoms with van der Waals surface area (Å²) >= 11 is 0. The molecule has 68 valence electrons. The first-order chi connectivity index (χ1) is 5.77. The van der Waals surface area contributed by atoms with E-state index in [0.29, 0.717) is 0 Å². The van der Waals surface area contributed by atoms with Gasteiger partial charge in [0.2, 0.25) is 0 Å². The van der Waals surface area contributed by atoms with E-state index in [2.05, 4.69) is 23.5 Å². The number of nitrogens with zero attached hydrogens (tertiary/aromatic N) is 2. The van der Waals surface area contributed by atoms with Crippen LogP contribution in [0.1, 0.15) is 24.6 Å². The Kier molecular flexibility index (Phi) is 3.29. The molecule has 0 amide bonds. The van der Waals surface area contributed by atoms with Gasteiger partial charge in [0.1, 0.15) is 0 Å². The molecule has 3 nitrogen and oxygen atoms in total. The Labute approximate surface area is 73.8 Å². The van der Waals surface area contributed by atoms with Gasteiger partial charge in [0.15, 0.2) is 0 Å². The SMILES string of the molecule is CCCc1nn(C)cc1CNC. The second-order valence-corrected chi connectivity index (χ2v) is 3.06. The molecule has 1 N–H and O–H groups in total. The first-order valence-electron chi connectivity index (χ1n) is 4.44. The minimum atomic E-state index is 0.920. The van der Waals surface area contributed by atoms with E-state index >= 15 is 0 Å². The van der Waals surface area contributed by atoms with Gasteiger partial charge in [-0.05, 0) is 13.5 Å². The van der Waals surface area contributed by atoms with Crippen LogP contribution in [0.25, 0.3) is 0 Å². The maximum Gasteiger partial charge on any atom is 0.0669 e. The topological polar surface area (TPSA) is 29.9 Å². The summed E-state index contributed by atoms with van der Waals surface area (Å²) in [6.45, 7) is 3.10. The third-order valence-corrected chi connectivity index (χ3v) is 1.85. The van der Waals surface area contributed by atoms with Gasteiger partial charge in [-0.15, -0.1) is 0 Å². The molecule has 0 bridgehead atoms. The molecule has 0 aliphatic carbocycles. The molecular formula is C9H17N3. The standard InChI is InChI=1S/C9H17N3/c1-4-5-9-8(6-10-2)7-12(3)11-9/h7,10H,4-6H2,1-3H3. The zero-order chi connectivity index (χ0) is 8.97. The van der Waals surface area contributed by atoms with Gasteiger partial charge in [-0.1, -0.05) is 13.3 Å². The summed E-state index contributed by atoms with van der Waals surface area (Å²) in [6, 6.07) is 0. The van der Waals surface area contributed by atoms with Crippen LogP contribution in [0.4, 0.5) is 0 Å². The number of aromatic nitrogens is 2. The van der Waals surface area contributed by atoms with Gasteiger partial charge in [0.25, 0.3) is 0 Å². The molecule has 12 heavy (non-hydrogen) atoms. The highest BCUT2D eigenvalue weighted by molar-refractivity contribution is 5.16. The van der Waals surface area contributed by atoms with Gasteiger partial charge in [0, 0.05) is 25.4 Å². The third kappa shape index (κ3) is 2.08. The molecule has 1 aromatic heterocycles. The molecular weight excluding hydrogens is 150 g/mol. The summed E-state index contributed by atoms with van der Waals surface area (Å²) in [6.07, 6.45) is 4.33. The maximum atomic E-state index is 4.40. The summed E-state index contributed by atoms with van der Waals surface area (Å²) in [7, 11) is 3.93. The molecule has 0 radical (unpaired) electrons. The Balaban J connectivity index is 2.76. The van der Waals surface area contributed by atoms with Crippen LogP contribution < -0.4 is 5.32 Å². The van der Waals surface area contributed by atoms with Crippen molar-refractivity contribution in [3.63, 3.8) is 0 Å². The Hall–Kier alpha value is -0.830.